The lowest BCUT2D eigenvalue weighted by atomic mass is 9.98. The summed E-state index contributed by atoms with van der Waals surface area (Å²) in [6.45, 7) is 2.42. The molecule has 0 spiro atoms. The molecule has 1 amide bonds. The van der Waals surface area contributed by atoms with Crippen LogP contribution in [-0.2, 0) is 14.8 Å². The molecule has 7 heteroatoms. The van der Waals surface area contributed by atoms with Crippen molar-refractivity contribution in [3.8, 4) is 0 Å². The first-order chi connectivity index (χ1) is 14.4. The van der Waals surface area contributed by atoms with Crippen molar-refractivity contribution in [1.29, 1.82) is 0 Å². The largest absolute Gasteiger partial charge is 0.326 e. The minimum Gasteiger partial charge on any atom is -0.326 e. The van der Waals surface area contributed by atoms with Crippen LogP contribution in [0.3, 0.4) is 0 Å². The number of benzene rings is 3. The van der Waals surface area contributed by atoms with E-state index in [9.17, 15) is 13.2 Å². The van der Waals surface area contributed by atoms with E-state index in [4.69, 9.17) is 11.6 Å². The van der Waals surface area contributed by atoms with E-state index in [2.05, 4.69) is 5.32 Å². The van der Waals surface area contributed by atoms with E-state index in [1.54, 1.807) is 30.3 Å². The molecule has 0 aliphatic carbocycles. The van der Waals surface area contributed by atoms with E-state index in [0.717, 1.165) is 16.3 Å². The van der Waals surface area contributed by atoms with Crippen LogP contribution in [0.4, 0.5) is 5.69 Å². The third-order valence-corrected chi connectivity index (χ3v) is 7.91. The Balaban J connectivity index is 1.53. The maximum absolute atomic E-state index is 13.2. The molecule has 0 bridgehead atoms. The molecule has 0 saturated carbocycles. The Bertz CT molecular complexity index is 1210. The van der Waals surface area contributed by atoms with E-state index >= 15 is 0 Å². The molecule has 0 unspecified atom stereocenters. The number of hydrogen-bond acceptors (Lipinski definition) is 3. The van der Waals surface area contributed by atoms with Crippen LogP contribution in [0, 0.1) is 12.8 Å². The number of piperidine rings is 1. The fraction of sp³-hybridized carbons (Fsp3) is 0.261. The summed E-state index contributed by atoms with van der Waals surface area (Å²) in [5.41, 5.74) is 1.45. The third kappa shape index (κ3) is 4.08. The molecule has 1 saturated heterocycles. The van der Waals surface area contributed by atoms with Gasteiger partial charge in [-0.05, 0) is 60.4 Å². The first kappa shape index (κ1) is 20.8. The Labute approximate surface area is 181 Å². The maximum atomic E-state index is 13.2. The SMILES string of the molecule is Cc1c(Cl)cccc1NC(=O)[C@@H]1CCCN(S(=O)(=O)c2ccc3ccccc3c2)C1. The van der Waals surface area contributed by atoms with Crippen molar-refractivity contribution in [2.75, 3.05) is 18.4 Å². The highest BCUT2D eigenvalue weighted by molar-refractivity contribution is 7.89. The van der Waals surface area contributed by atoms with Crippen LogP contribution in [0.1, 0.15) is 18.4 Å². The van der Waals surface area contributed by atoms with Gasteiger partial charge in [-0.15, -0.1) is 0 Å². The summed E-state index contributed by atoms with van der Waals surface area (Å²) in [6.07, 6.45) is 1.29. The normalized spacial score (nSPS) is 17.7. The molecule has 0 radical (unpaired) electrons. The predicted molar refractivity (Wildman–Crippen MR) is 120 cm³/mol. The van der Waals surface area contributed by atoms with Gasteiger partial charge >= 0.3 is 0 Å². The van der Waals surface area contributed by atoms with Crippen LogP contribution < -0.4 is 5.32 Å². The van der Waals surface area contributed by atoms with E-state index in [0.29, 0.717) is 30.1 Å². The zero-order valence-corrected chi connectivity index (χ0v) is 18.2. The molecule has 3 aromatic rings. The van der Waals surface area contributed by atoms with Crippen LogP contribution in [-0.4, -0.2) is 31.7 Å². The number of fused-ring (bicyclic) bond motifs is 1. The van der Waals surface area contributed by atoms with Gasteiger partial charge in [0.1, 0.15) is 0 Å². The first-order valence-corrected chi connectivity index (χ1v) is 11.7. The van der Waals surface area contributed by atoms with Gasteiger partial charge in [0.05, 0.1) is 10.8 Å². The van der Waals surface area contributed by atoms with E-state index < -0.39 is 15.9 Å². The van der Waals surface area contributed by atoms with Crippen LogP contribution in [0.2, 0.25) is 5.02 Å². The fourth-order valence-corrected chi connectivity index (χ4v) is 5.56. The minimum absolute atomic E-state index is 0.167. The molecule has 1 N–H and O–H groups in total. The van der Waals surface area contributed by atoms with Crippen molar-refractivity contribution in [1.82, 2.24) is 4.31 Å². The second-order valence-electron chi connectivity index (χ2n) is 7.61. The standard InChI is InChI=1S/C23H23ClN2O3S/c1-16-21(24)9-4-10-22(16)25-23(27)19-8-5-13-26(15-19)30(28,29)20-12-11-17-6-2-3-7-18(17)14-20/h2-4,6-7,9-12,14,19H,5,8,13,15H2,1H3,(H,25,27)/t19-/m1/s1. The minimum atomic E-state index is -3.68. The number of nitrogens with zero attached hydrogens (tertiary/aromatic N) is 1. The lowest BCUT2D eigenvalue weighted by Crippen LogP contribution is -2.43. The highest BCUT2D eigenvalue weighted by Gasteiger charge is 2.33. The second kappa shape index (κ2) is 8.38. The summed E-state index contributed by atoms with van der Waals surface area (Å²) < 4.78 is 27.9. The topological polar surface area (TPSA) is 66.5 Å². The number of carbonyl (C=O) groups excluding carboxylic acids is 1. The summed E-state index contributed by atoms with van der Waals surface area (Å²) in [5.74, 6) is -0.592. The van der Waals surface area contributed by atoms with Crippen LogP contribution >= 0.6 is 11.6 Å². The summed E-state index contributed by atoms with van der Waals surface area (Å²) in [4.78, 5) is 13.1. The molecule has 5 nitrogen and oxygen atoms in total. The van der Waals surface area contributed by atoms with Crippen LogP contribution in [0.25, 0.3) is 10.8 Å². The van der Waals surface area contributed by atoms with Crippen molar-refractivity contribution in [2.45, 2.75) is 24.7 Å². The summed E-state index contributed by atoms with van der Waals surface area (Å²) in [7, 11) is -3.68. The average Bonchev–Trinajstić information content (AvgIpc) is 2.76. The van der Waals surface area contributed by atoms with Gasteiger partial charge in [-0.2, -0.15) is 4.31 Å². The molecule has 1 heterocycles. The predicted octanol–water partition coefficient (Wildman–Crippen LogP) is 4.84. The van der Waals surface area contributed by atoms with Crippen molar-refractivity contribution >= 4 is 44.0 Å². The van der Waals surface area contributed by atoms with Gasteiger partial charge in [0, 0.05) is 23.8 Å². The zero-order chi connectivity index (χ0) is 21.3. The summed E-state index contributed by atoms with van der Waals surface area (Å²) >= 11 is 6.14. The van der Waals surface area contributed by atoms with Crippen LogP contribution in [0.5, 0.6) is 0 Å². The number of carbonyl (C=O) groups is 1. The monoisotopic (exact) mass is 442 g/mol. The van der Waals surface area contributed by atoms with Crippen molar-refractivity contribution in [3.05, 3.63) is 71.2 Å². The van der Waals surface area contributed by atoms with E-state index in [1.165, 1.54) is 4.31 Å². The maximum Gasteiger partial charge on any atom is 0.243 e. The molecular weight excluding hydrogens is 420 g/mol. The summed E-state index contributed by atoms with van der Waals surface area (Å²) in [5, 5.41) is 5.36. The quantitative estimate of drug-likeness (QED) is 0.628. The van der Waals surface area contributed by atoms with Gasteiger partial charge in [-0.3, -0.25) is 4.79 Å². The molecule has 1 fully saturated rings. The van der Waals surface area contributed by atoms with Crippen LogP contribution in [0.15, 0.2) is 65.6 Å². The Hall–Kier alpha value is -2.41. The lowest BCUT2D eigenvalue weighted by Gasteiger charge is -2.31. The molecule has 156 valence electrons. The van der Waals surface area contributed by atoms with Gasteiger partial charge in [0.15, 0.2) is 0 Å². The number of rotatable bonds is 4. The lowest BCUT2D eigenvalue weighted by molar-refractivity contribution is -0.120. The molecule has 1 atom stereocenters. The van der Waals surface area contributed by atoms with Gasteiger partial charge in [0.2, 0.25) is 15.9 Å². The average molecular weight is 443 g/mol. The van der Waals surface area contributed by atoms with Gasteiger partial charge in [0.25, 0.3) is 0 Å². The number of hydrogen-bond donors (Lipinski definition) is 1. The Morgan fingerprint density at radius 2 is 1.83 bits per heavy atom. The number of halogens is 1. The molecule has 30 heavy (non-hydrogen) atoms. The Kier molecular flexibility index (Phi) is 5.82. The highest BCUT2D eigenvalue weighted by atomic mass is 35.5. The third-order valence-electron chi connectivity index (χ3n) is 5.64. The zero-order valence-electron chi connectivity index (χ0n) is 16.6. The number of anilines is 1. The van der Waals surface area contributed by atoms with E-state index in [-0.39, 0.29) is 17.3 Å². The van der Waals surface area contributed by atoms with Gasteiger partial charge in [-0.1, -0.05) is 48.0 Å². The molecule has 1 aliphatic rings. The molecular formula is C23H23ClN2O3S. The summed E-state index contributed by atoms with van der Waals surface area (Å²) in [6, 6.07) is 18.2. The Morgan fingerprint density at radius 1 is 1.07 bits per heavy atom. The highest BCUT2D eigenvalue weighted by Crippen LogP contribution is 2.28. The van der Waals surface area contributed by atoms with Crippen molar-refractivity contribution in [2.24, 2.45) is 5.92 Å². The Morgan fingerprint density at radius 3 is 2.63 bits per heavy atom. The van der Waals surface area contributed by atoms with Gasteiger partial charge < -0.3 is 5.32 Å². The fourth-order valence-electron chi connectivity index (χ4n) is 3.83. The number of nitrogens with one attached hydrogen (secondary N) is 1. The smallest absolute Gasteiger partial charge is 0.243 e. The molecule has 3 aromatic carbocycles. The molecule has 1 aliphatic heterocycles. The molecule has 4 rings (SSSR count). The van der Waals surface area contributed by atoms with E-state index in [1.807, 2.05) is 37.3 Å². The van der Waals surface area contributed by atoms with Crippen molar-refractivity contribution in [3.63, 3.8) is 0 Å². The number of sulfonamides is 1. The molecule has 0 aromatic heterocycles. The number of amides is 1. The first-order valence-electron chi connectivity index (χ1n) is 9.91. The second-order valence-corrected chi connectivity index (χ2v) is 9.96. The van der Waals surface area contributed by atoms with Gasteiger partial charge in [-0.25, -0.2) is 8.42 Å². The van der Waals surface area contributed by atoms with Crippen molar-refractivity contribution < 1.29 is 13.2 Å².